The normalized spacial score (nSPS) is 13.8. The third-order valence-corrected chi connectivity index (χ3v) is 3.62. The van der Waals surface area contributed by atoms with Gasteiger partial charge < -0.3 is 9.73 Å². The second kappa shape index (κ2) is 6.81. The van der Waals surface area contributed by atoms with Crippen LogP contribution in [0.15, 0.2) is 23.0 Å². The minimum atomic E-state index is -2.86. The van der Waals surface area contributed by atoms with E-state index >= 15 is 0 Å². The SMILES string of the molecule is CCCNC(CCCS(C)(=O)=O)c1ccoc1. The average molecular weight is 259 g/mol. The summed E-state index contributed by atoms with van der Waals surface area (Å²) in [5.41, 5.74) is 1.09. The highest BCUT2D eigenvalue weighted by Gasteiger charge is 2.12. The summed E-state index contributed by atoms with van der Waals surface area (Å²) in [4.78, 5) is 0. The van der Waals surface area contributed by atoms with Gasteiger partial charge in [0.15, 0.2) is 0 Å². The molecule has 1 heterocycles. The number of sulfone groups is 1. The second-order valence-corrected chi connectivity index (χ2v) is 6.60. The molecule has 1 rings (SSSR count). The summed E-state index contributed by atoms with van der Waals surface area (Å²) in [6, 6.07) is 2.11. The van der Waals surface area contributed by atoms with E-state index in [0.29, 0.717) is 6.42 Å². The summed E-state index contributed by atoms with van der Waals surface area (Å²) >= 11 is 0. The Morgan fingerprint density at radius 2 is 2.24 bits per heavy atom. The third-order valence-electron chi connectivity index (χ3n) is 2.59. The molecular weight excluding hydrogens is 238 g/mol. The molecule has 0 aromatic carbocycles. The summed E-state index contributed by atoms with van der Waals surface area (Å²) in [7, 11) is -2.86. The third kappa shape index (κ3) is 5.89. The van der Waals surface area contributed by atoms with Gasteiger partial charge in [0.25, 0.3) is 0 Å². The van der Waals surface area contributed by atoms with Crippen LogP contribution in [0.25, 0.3) is 0 Å². The molecule has 0 aliphatic rings. The molecular formula is C12H21NO3S. The molecule has 0 radical (unpaired) electrons. The van der Waals surface area contributed by atoms with Crippen molar-refractivity contribution in [3.05, 3.63) is 24.2 Å². The Morgan fingerprint density at radius 1 is 1.47 bits per heavy atom. The number of nitrogens with one attached hydrogen (secondary N) is 1. The molecule has 0 spiro atoms. The Labute approximate surface area is 103 Å². The first-order valence-corrected chi connectivity index (χ1v) is 8.02. The molecule has 0 aliphatic heterocycles. The van der Waals surface area contributed by atoms with E-state index in [4.69, 9.17) is 4.42 Å². The molecule has 0 bridgehead atoms. The molecule has 98 valence electrons. The fourth-order valence-electron chi connectivity index (χ4n) is 1.73. The maximum absolute atomic E-state index is 11.1. The van der Waals surface area contributed by atoms with Gasteiger partial charge in [-0.1, -0.05) is 6.92 Å². The van der Waals surface area contributed by atoms with Gasteiger partial charge in [0.2, 0.25) is 0 Å². The van der Waals surface area contributed by atoms with Crippen molar-refractivity contribution in [3.63, 3.8) is 0 Å². The van der Waals surface area contributed by atoms with Gasteiger partial charge in [0, 0.05) is 23.6 Å². The van der Waals surface area contributed by atoms with Crippen molar-refractivity contribution in [3.8, 4) is 0 Å². The van der Waals surface area contributed by atoms with Gasteiger partial charge in [0.05, 0.1) is 12.5 Å². The fourth-order valence-corrected chi connectivity index (χ4v) is 2.42. The number of furan rings is 1. The van der Waals surface area contributed by atoms with Crippen LogP contribution in [0.1, 0.15) is 37.8 Å². The Morgan fingerprint density at radius 3 is 2.76 bits per heavy atom. The lowest BCUT2D eigenvalue weighted by Crippen LogP contribution is -2.22. The van der Waals surface area contributed by atoms with Crippen LogP contribution in [0.3, 0.4) is 0 Å². The van der Waals surface area contributed by atoms with E-state index in [1.54, 1.807) is 12.5 Å². The number of hydrogen-bond acceptors (Lipinski definition) is 4. The smallest absolute Gasteiger partial charge is 0.147 e. The molecule has 1 aromatic rings. The summed E-state index contributed by atoms with van der Waals surface area (Å²) in [6.45, 7) is 3.03. The standard InChI is InChI=1S/C12H21NO3S/c1-3-7-13-12(11-6-8-16-10-11)5-4-9-17(2,14)15/h6,8,10,12-13H,3-5,7,9H2,1-2H3. The maximum Gasteiger partial charge on any atom is 0.147 e. The van der Waals surface area contributed by atoms with E-state index in [1.165, 1.54) is 6.26 Å². The molecule has 0 amide bonds. The highest BCUT2D eigenvalue weighted by atomic mass is 32.2. The zero-order valence-corrected chi connectivity index (χ0v) is 11.3. The molecule has 0 aliphatic carbocycles. The molecule has 1 atom stereocenters. The lowest BCUT2D eigenvalue weighted by atomic mass is 10.1. The van der Waals surface area contributed by atoms with Gasteiger partial charge >= 0.3 is 0 Å². The lowest BCUT2D eigenvalue weighted by molar-refractivity contribution is 0.483. The van der Waals surface area contributed by atoms with Gasteiger partial charge in [-0.05, 0) is 31.9 Å². The van der Waals surface area contributed by atoms with Crippen molar-refractivity contribution in [1.82, 2.24) is 5.32 Å². The van der Waals surface area contributed by atoms with Gasteiger partial charge in [-0.2, -0.15) is 0 Å². The van der Waals surface area contributed by atoms with Crippen LogP contribution in [0.2, 0.25) is 0 Å². The van der Waals surface area contributed by atoms with E-state index in [1.807, 2.05) is 6.07 Å². The number of hydrogen-bond donors (Lipinski definition) is 1. The second-order valence-electron chi connectivity index (χ2n) is 4.34. The summed E-state index contributed by atoms with van der Waals surface area (Å²) in [5.74, 6) is 0.245. The van der Waals surface area contributed by atoms with Gasteiger partial charge in [-0.3, -0.25) is 0 Å². The molecule has 17 heavy (non-hydrogen) atoms. The Bertz CT molecular complexity index is 397. The lowest BCUT2D eigenvalue weighted by Gasteiger charge is -2.16. The highest BCUT2D eigenvalue weighted by Crippen LogP contribution is 2.19. The van der Waals surface area contributed by atoms with Crippen molar-refractivity contribution in [2.45, 2.75) is 32.2 Å². The van der Waals surface area contributed by atoms with Crippen LogP contribution in [-0.4, -0.2) is 27.0 Å². The minimum absolute atomic E-state index is 0.190. The first-order chi connectivity index (χ1) is 8.03. The largest absolute Gasteiger partial charge is 0.472 e. The zero-order valence-electron chi connectivity index (χ0n) is 10.5. The predicted octanol–water partition coefficient (Wildman–Crippen LogP) is 2.15. The fraction of sp³-hybridized carbons (Fsp3) is 0.667. The van der Waals surface area contributed by atoms with Crippen LogP contribution >= 0.6 is 0 Å². The van der Waals surface area contributed by atoms with Crippen LogP contribution in [0.5, 0.6) is 0 Å². The zero-order chi connectivity index (χ0) is 12.7. The van der Waals surface area contributed by atoms with Gasteiger partial charge in [0.1, 0.15) is 9.84 Å². The molecule has 0 saturated carbocycles. The quantitative estimate of drug-likeness (QED) is 0.777. The van der Waals surface area contributed by atoms with Gasteiger partial charge in [-0.15, -0.1) is 0 Å². The van der Waals surface area contributed by atoms with Crippen molar-refractivity contribution in [2.24, 2.45) is 0 Å². The van der Waals surface area contributed by atoms with Crippen LogP contribution in [-0.2, 0) is 9.84 Å². The molecule has 5 heteroatoms. The highest BCUT2D eigenvalue weighted by molar-refractivity contribution is 7.90. The van der Waals surface area contributed by atoms with Crippen molar-refractivity contribution in [2.75, 3.05) is 18.6 Å². The van der Waals surface area contributed by atoms with Crippen LogP contribution in [0.4, 0.5) is 0 Å². The van der Waals surface area contributed by atoms with E-state index < -0.39 is 9.84 Å². The average Bonchev–Trinajstić information content (AvgIpc) is 2.74. The Balaban J connectivity index is 2.47. The molecule has 0 fully saturated rings. The minimum Gasteiger partial charge on any atom is -0.472 e. The van der Waals surface area contributed by atoms with Crippen molar-refractivity contribution < 1.29 is 12.8 Å². The van der Waals surface area contributed by atoms with E-state index in [9.17, 15) is 8.42 Å². The molecule has 0 saturated heterocycles. The topological polar surface area (TPSA) is 59.3 Å². The Kier molecular flexibility index (Phi) is 5.71. The first-order valence-electron chi connectivity index (χ1n) is 5.96. The monoisotopic (exact) mass is 259 g/mol. The van der Waals surface area contributed by atoms with E-state index in [2.05, 4.69) is 12.2 Å². The van der Waals surface area contributed by atoms with Crippen LogP contribution < -0.4 is 5.32 Å². The molecule has 1 aromatic heterocycles. The molecule has 1 N–H and O–H groups in total. The van der Waals surface area contributed by atoms with Gasteiger partial charge in [-0.25, -0.2) is 8.42 Å². The maximum atomic E-state index is 11.1. The summed E-state index contributed by atoms with van der Waals surface area (Å²) in [6.07, 6.45) is 7.18. The summed E-state index contributed by atoms with van der Waals surface area (Å²) in [5, 5.41) is 3.40. The molecule has 4 nitrogen and oxygen atoms in total. The summed E-state index contributed by atoms with van der Waals surface area (Å²) < 4.78 is 27.2. The first kappa shape index (κ1) is 14.3. The van der Waals surface area contributed by atoms with E-state index in [-0.39, 0.29) is 11.8 Å². The Hall–Kier alpha value is -0.810. The predicted molar refractivity (Wildman–Crippen MR) is 68.7 cm³/mol. The van der Waals surface area contributed by atoms with Crippen molar-refractivity contribution in [1.29, 1.82) is 0 Å². The number of rotatable bonds is 8. The molecule has 1 unspecified atom stereocenters. The van der Waals surface area contributed by atoms with E-state index in [0.717, 1.165) is 24.9 Å². The van der Waals surface area contributed by atoms with Crippen LogP contribution in [0, 0.1) is 0 Å². The van der Waals surface area contributed by atoms with Crippen molar-refractivity contribution >= 4 is 9.84 Å².